The molecule has 272 valence electrons. The lowest BCUT2D eigenvalue weighted by Gasteiger charge is -2.26. The molecule has 11 rings (SSSR count). The van der Waals surface area contributed by atoms with Gasteiger partial charge in [0, 0.05) is 37.2 Å². The number of anilines is 3. The van der Waals surface area contributed by atoms with Crippen LogP contribution >= 0.6 is 11.3 Å². The SMILES string of the molecule is c1cc(-c2ccc(N(c3ccc(-c4cccc5ccccc45)cc3)c3cccc(-c4cccc5sc6ccccc6c45)c3)cc2)cc(-c2cccc3ccccc23)c1. The monoisotopic (exact) mass is 755 g/mol. The van der Waals surface area contributed by atoms with Crippen molar-refractivity contribution in [2.45, 2.75) is 0 Å². The van der Waals surface area contributed by atoms with Crippen molar-refractivity contribution in [1.82, 2.24) is 0 Å². The van der Waals surface area contributed by atoms with Crippen molar-refractivity contribution in [1.29, 1.82) is 0 Å². The quantitative estimate of drug-likeness (QED) is 0.157. The number of nitrogens with zero attached hydrogens (tertiary/aromatic N) is 1. The summed E-state index contributed by atoms with van der Waals surface area (Å²) in [6.07, 6.45) is 0. The van der Waals surface area contributed by atoms with E-state index in [4.69, 9.17) is 0 Å². The Morgan fingerprint density at radius 1 is 0.276 bits per heavy atom. The third-order valence-electron chi connectivity index (χ3n) is 11.5. The molecule has 2 heteroatoms. The van der Waals surface area contributed by atoms with Crippen molar-refractivity contribution in [3.05, 3.63) is 224 Å². The number of thiophene rings is 1. The van der Waals surface area contributed by atoms with Crippen LogP contribution in [0.3, 0.4) is 0 Å². The predicted molar refractivity (Wildman–Crippen MR) is 251 cm³/mol. The Morgan fingerprint density at radius 2 is 0.759 bits per heavy atom. The molecule has 0 bridgehead atoms. The summed E-state index contributed by atoms with van der Waals surface area (Å²) in [6, 6.07) is 81.9. The first-order valence-corrected chi connectivity index (χ1v) is 20.6. The van der Waals surface area contributed by atoms with E-state index in [1.165, 1.54) is 86.2 Å². The van der Waals surface area contributed by atoms with E-state index in [9.17, 15) is 0 Å². The molecule has 10 aromatic carbocycles. The number of hydrogen-bond acceptors (Lipinski definition) is 2. The molecule has 1 heterocycles. The fraction of sp³-hybridized carbons (Fsp3) is 0. The van der Waals surface area contributed by atoms with E-state index in [-0.39, 0.29) is 0 Å². The first-order valence-electron chi connectivity index (χ1n) is 19.8. The van der Waals surface area contributed by atoms with Gasteiger partial charge in [-0.3, -0.25) is 0 Å². The topological polar surface area (TPSA) is 3.24 Å². The predicted octanol–water partition coefficient (Wildman–Crippen LogP) is 16.5. The third kappa shape index (κ3) is 6.03. The normalized spacial score (nSPS) is 11.4. The number of benzene rings is 10. The van der Waals surface area contributed by atoms with E-state index >= 15 is 0 Å². The molecule has 0 atom stereocenters. The van der Waals surface area contributed by atoms with Crippen molar-refractivity contribution < 1.29 is 0 Å². The van der Waals surface area contributed by atoms with Crippen LogP contribution in [0.2, 0.25) is 0 Å². The minimum Gasteiger partial charge on any atom is -0.310 e. The van der Waals surface area contributed by atoms with Crippen LogP contribution in [0.15, 0.2) is 224 Å². The zero-order valence-electron chi connectivity index (χ0n) is 31.7. The molecule has 0 spiro atoms. The van der Waals surface area contributed by atoms with Crippen LogP contribution in [0.1, 0.15) is 0 Å². The fourth-order valence-corrected chi connectivity index (χ4v) is 9.82. The first-order chi connectivity index (χ1) is 28.7. The maximum absolute atomic E-state index is 2.39. The van der Waals surface area contributed by atoms with Crippen molar-refractivity contribution >= 4 is 70.1 Å². The van der Waals surface area contributed by atoms with Gasteiger partial charge in [0.2, 0.25) is 0 Å². The molecule has 0 radical (unpaired) electrons. The van der Waals surface area contributed by atoms with Gasteiger partial charge in [-0.05, 0) is 121 Å². The summed E-state index contributed by atoms with van der Waals surface area (Å²) in [5.41, 5.74) is 13.1. The van der Waals surface area contributed by atoms with Crippen molar-refractivity contribution in [2.75, 3.05) is 4.90 Å². The Bertz CT molecular complexity index is 3270. The second kappa shape index (κ2) is 14.4. The molecule has 11 aromatic rings. The maximum atomic E-state index is 2.39. The Kier molecular flexibility index (Phi) is 8.42. The number of fused-ring (bicyclic) bond motifs is 5. The molecule has 58 heavy (non-hydrogen) atoms. The number of hydrogen-bond donors (Lipinski definition) is 0. The van der Waals surface area contributed by atoms with Crippen LogP contribution < -0.4 is 4.90 Å². The summed E-state index contributed by atoms with van der Waals surface area (Å²) in [5, 5.41) is 7.66. The van der Waals surface area contributed by atoms with Crippen LogP contribution in [0.5, 0.6) is 0 Å². The smallest absolute Gasteiger partial charge is 0.0467 e. The summed E-state index contributed by atoms with van der Waals surface area (Å²) >= 11 is 1.86. The summed E-state index contributed by atoms with van der Waals surface area (Å²) in [4.78, 5) is 2.39. The molecule has 0 unspecified atom stereocenters. The minimum absolute atomic E-state index is 1.10. The molecule has 0 N–H and O–H groups in total. The zero-order chi connectivity index (χ0) is 38.4. The van der Waals surface area contributed by atoms with Gasteiger partial charge in [0.15, 0.2) is 0 Å². The van der Waals surface area contributed by atoms with E-state index in [2.05, 4.69) is 229 Å². The van der Waals surface area contributed by atoms with Crippen LogP contribution in [-0.2, 0) is 0 Å². The van der Waals surface area contributed by atoms with Gasteiger partial charge >= 0.3 is 0 Å². The van der Waals surface area contributed by atoms with Gasteiger partial charge in [0.1, 0.15) is 0 Å². The maximum Gasteiger partial charge on any atom is 0.0467 e. The average Bonchev–Trinajstić information content (AvgIpc) is 3.69. The molecule has 1 aromatic heterocycles. The molecule has 1 nitrogen and oxygen atoms in total. The standard InChI is InChI=1S/C56H37NS/c1-3-20-48-39(12-1)14-9-23-50(48)41-30-34-46(35-31-41)57(47-19-8-18-44(37-47)52-25-11-27-55-56(52)53-22-5-6-26-54(53)58-55)45-32-28-38(29-33-45)42-16-7-17-43(36-42)51-24-10-15-40-13-2-4-21-49(40)51/h1-37H. The van der Waals surface area contributed by atoms with Gasteiger partial charge in [0.25, 0.3) is 0 Å². The highest BCUT2D eigenvalue weighted by Crippen LogP contribution is 2.43. The average molecular weight is 756 g/mol. The van der Waals surface area contributed by atoms with Crippen LogP contribution in [-0.4, -0.2) is 0 Å². The summed E-state index contributed by atoms with van der Waals surface area (Å²) in [6.45, 7) is 0. The highest BCUT2D eigenvalue weighted by Gasteiger charge is 2.17. The second-order valence-corrected chi connectivity index (χ2v) is 16.0. The van der Waals surface area contributed by atoms with Gasteiger partial charge in [-0.25, -0.2) is 0 Å². The molecule has 0 aliphatic heterocycles. The van der Waals surface area contributed by atoms with Gasteiger partial charge in [0.05, 0.1) is 0 Å². The lowest BCUT2D eigenvalue weighted by atomic mass is 9.95. The van der Waals surface area contributed by atoms with E-state index in [1.54, 1.807) is 0 Å². The Hall–Kier alpha value is -7.26. The summed E-state index contributed by atoms with van der Waals surface area (Å²) in [5.74, 6) is 0. The largest absolute Gasteiger partial charge is 0.310 e. The van der Waals surface area contributed by atoms with Gasteiger partial charge in [-0.2, -0.15) is 0 Å². The molecule has 0 saturated heterocycles. The fourth-order valence-electron chi connectivity index (χ4n) is 8.69. The molecular weight excluding hydrogens is 719 g/mol. The molecule has 0 fully saturated rings. The third-order valence-corrected chi connectivity index (χ3v) is 12.6. The molecular formula is C56H37NS. The second-order valence-electron chi connectivity index (χ2n) is 14.9. The summed E-state index contributed by atoms with van der Waals surface area (Å²) < 4.78 is 2.63. The number of rotatable bonds is 7. The molecule has 0 aliphatic rings. The van der Waals surface area contributed by atoms with Crippen molar-refractivity contribution in [3.8, 4) is 44.5 Å². The zero-order valence-corrected chi connectivity index (χ0v) is 32.5. The first kappa shape index (κ1) is 34.0. The Labute approximate surface area is 342 Å². The van der Waals surface area contributed by atoms with E-state index < -0.39 is 0 Å². The van der Waals surface area contributed by atoms with E-state index in [0.717, 1.165) is 17.1 Å². The van der Waals surface area contributed by atoms with Gasteiger partial charge in [-0.1, -0.05) is 170 Å². The van der Waals surface area contributed by atoms with Gasteiger partial charge in [-0.15, -0.1) is 11.3 Å². The molecule has 0 aliphatic carbocycles. The van der Waals surface area contributed by atoms with Crippen LogP contribution in [0.25, 0.3) is 86.2 Å². The van der Waals surface area contributed by atoms with Crippen molar-refractivity contribution in [3.63, 3.8) is 0 Å². The lowest BCUT2D eigenvalue weighted by Crippen LogP contribution is -2.10. The summed E-state index contributed by atoms with van der Waals surface area (Å²) in [7, 11) is 0. The lowest BCUT2D eigenvalue weighted by molar-refractivity contribution is 1.28. The highest BCUT2D eigenvalue weighted by molar-refractivity contribution is 7.25. The molecule has 0 amide bonds. The highest BCUT2D eigenvalue weighted by atomic mass is 32.1. The van der Waals surface area contributed by atoms with Crippen molar-refractivity contribution in [2.24, 2.45) is 0 Å². The van der Waals surface area contributed by atoms with Crippen LogP contribution in [0.4, 0.5) is 17.1 Å². The van der Waals surface area contributed by atoms with Crippen LogP contribution in [0, 0.1) is 0 Å². The minimum atomic E-state index is 1.10. The molecule has 0 saturated carbocycles. The Balaban J connectivity index is 1.01. The van der Waals surface area contributed by atoms with E-state index in [1.807, 2.05) is 11.3 Å². The van der Waals surface area contributed by atoms with Gasteiger partial charge < -0.3 is 4.90 Å². The van der Waals surface area contributed by atoms with E-state index in [0.29, 0.717) is 0 Å². The Morgan fingerprint density at radius 3 is 1.47 bits per heavy atom.